The number of amides is 1. The molecule has 1 amide bonds. The minimum atomic E-state index is -0.0203. The van der Waals surface area contributed by atoms with Crippen molar-refractivity contribution in [3.05, 3.63) is 71.2 Å². The van der Waals surface area contributed by atoms with E-state index in [-0.39, 0.29) is 5.91 Å². The zero-order valence-corrected chi connectivity index (χ0v) is 20.8. The summed E-state index contributed by atoms with van der Waals surface area (Å²) < 4.78 is 0. The van der Waals surface area contributed by atoms with E-state index in [0.717, 1.165) is 75.5 Å². The number of fused-ring (bicyclic) bond motifs is 1. The highest BCUT2D eigenvalue weighted by molar-refractivity contribution is 6.09. The third kappa shape index (κ3) is 5.92. The zero-order valence-electron chi connectivity index (χ0n) is 20.8. The second-order valence-electron chi connectivity index (χ2n) is 9.42. The monoisotopic (exact) mass is 459 g/mol. The van der Waals surface area contributed by atoms with E-state index < -0.39 is 0 Å². The molecule has 2 aromatic rings. The average Bonchev–Trinajstić information content (AvgIpc) is 2.96. The summed E-state index contributed by atoms with van der Waals surface area (Å²) in [6.07, 6.45) is 14.8. The van der Waals surface area contributed by atoms with Gasteiger partial charge >= 0.3 is 0 Å². The highest BCUT2D eigenvalue weighted by Crippen LogP contribution is 2.26. The maximum Gasteiger partial charge on any atom is 0.263 e. The minimum Gasteiger partial charge on any atom is -0.357 e. The van der Waals surface area contributed by atoms with Crippen molar-refractivity contribution in [1.29, 1.82) is 0 Å². The van der Waals surface area contributed by atoms with Crippen LogP contribution in [0.4, 0.5) is 11.5 Å². The van der Waals surface area contributed by atoms with Crippen LogP contribution in [0, 0.1) is 0 Å². The fourth-order valence-electron chi connectivity index (χ4n) is 4.65. The van der Waals surface area contributed by atoms with Crippen LogP contribution in [0.3, 0.4) is 0 Å². The Balaban J connectivity index is 1.41. The first-order valence-corrected chi connectivity index (χ1v) is 12.6. The molecule has 0 bridgehead atoms. The van der Waals surface area contributed by atoms with Gasteiger partial charge in [0.25, 0.3) is 5.91 Å². The van der Waals surface area contributed by atoms with Gasteiger partial charge in [0.15, 0.2) is 0 Å². The molecule has 0 saturated carbocycles. The molecule has 1 aromatic heterocycles. The number of aryl methyl sites for hydroxylation is 2. The SMILES string of the molecule is CCCc1ncc2c(n1)N(C)CCN(c1cccc(CCCN(C)CC3=CCCC=C3)c1)C2=O. The zero-order chi connectivity index (χ0) is 23.9. The van der Waals surface area contributed by atoms with E-state index in [4.69, 9.17) is 4.98 Å². The van der Waals surface area contributed by atoms with Crippen LogP contribution in [0.25, 0.3) is 0 Å². The van der Waals surface area contributed by atoms with Gasteiger partial charge in [0.1, 0.15) is 17.2 Å². The summed E-state index contributed by atoms with van der Waals surface area (Å²) in [5.74, 6) is 1.53. The average molecular weight is 460 g/mol. The minimum absolute atomic E-state index is 0.0203. The van der Waals surface area contributed by atoms with E-state index in [1.165, 1.54) is 11.1 Å². The summed E-state index contributed by atoms with van der Waals surface area (Å²) in [5.41, 5.74) is 4.22. The molecule has 0 N–H and O–H groups in total. The molecule has 0 fully saturated rings. The molecule has 34 heavy (non-hydrogen) atoms. The molecule has 1 aliphatic carbocycles. The van der Waals surface area contributed by atoms with Crippen molar-refractivity contribution in [2.45, 2.75) is 45.4 Å². The van der Waals surface area contributed by atoms with Crippen LogP contribution in [0.1, 0.15) is 54.4 Å². The molecule has 0 unspecified atom stereocenters. The van der Waals surface area contributed by atoms with Crippen molar-refractivity contribution in [3.63, 3.8) is 0 Å². The van der Waals surface area contributed by atoms with Gasteiger partial charge in [-0.2, -0.15) is 0 Å². The van der Waals surface area contributed by atoms with Gasteiger partial charge in [-0.25, -0.2) is 9.97 Å². The molecule has 1 aromatic carbocycles. The molecule has 0 radical (unpaired) electrons. The first-order valence-electron chi connectivity index (χ1n) is 12.6. The second-order valence-corrected chi connectivity index (χ2v) is 9.42. The van der Waals surface area contributed by atoms with E-state index >= 15 is 0 Å². The summed E-state index contributed by atoms with van der Waals surface area (Å²) in [6, 6.07) is 8.43. The number of carbonyl (C=O) groups excluding carboxylic acids is 1. The van der Waals surface area contributed by atoms with E-state index in [1.54, 1.807) is 6.20 Å². The first-order chi connectivity index (χ1) is 16.5. The van der Waals surface area contributed by atoms with Gasteiger partial charge in [-0.1, -0.05) is 37.3 Å². The standard InChI is InChI=1S/C28H37N5O/c1-4-10-26-29-20-25-27(30-26)32(3)17-18-33(28(25)34)24-15-8-13-22(19-24)14-9-16-31(2)21-23-11-6-5-7-12-23/h6,8,11-13,15,19-20H,4-5,7,9-10,14,16-18,21H2,1-3H3. The Kier molecular flexibility index (Phi) is 8.12. The van der Waals surface area contributed by atoms with Crippen LogP contribution in [0.2, 0.25) is 0 Å². The summed E-state index contributed by atoms with van der Waals surface area (Å²) in [4.78, 5) is 28.9. The molecular formula is C28H37N5O. The lowest BCUT2D eigenvalue weighted by molar-refractivity contribution is 0.0989. The smallest absolute Gasteiger partial charge is 0.263 e. The fraction of sp³-hybridized carbons (Fsp3) is 0.464. The molecule has 2 heterocycles. The fourth-order valence-corrected chi connectivity index (χ4v) is 4.65. The second kappa shape index (κ2) is 11.4. The molecule has 180 valence electrons. The summed E-state index contributed by atoms with van der Waals surface area (Å²) in [7, 11) is 4.20. The van der Waals surface area contributed by atoms with Gasteiger partial charge in [-0.15, -0.1) is 0 Å². The molecule has 4 rings (SSSR count). The quantitative estimate of drug-likeness (QED) is 0.546. The first kappa shape index (κ1) is 24.1. The van der Waals surface area contributed by atoms with E-state index in [1.807, 2.05) is 18.0 Å². The summed E-state index contributed by atoms with van der Waals surface area (Å²) in [5, 5.41) is 0. The van der Waals surface area contributed by atoms with Crippen LogP contribution in [-0.4, -0.2) is 61.0 Å². The number of benzene rings is 1. The van der Waals surface area contributed by atoms with Crippen molar-refractivity contribution in [1.82, 2.24) is 14.9 Å². The van der Waals surface area contributed by atoms with Crippen molar-refractivity contribution >= 4 is 17.4 Å². The molecule has 0 saturated heterocycles. The predicted octanol–water partition coefficient (Wildman–Crippen LogP) is 4.67. The topological polar surface area (TPSA) is 52.6 Å². The van der Waals surface area contributed by atoms with Crippen molar-refractivity contribution in [2.24, 2.45) is 0 Å². The number of nitrogens with zero attached hydrogens (tertiary/aromatic N) is 5. The number of carbonyl (C=O) groups is 1. The maximum absolute atomic E-state index is 13.5. The van der Waals surface area contributed by atoms with Crippen LogP contribution in [-0.2, 0) is 12.8 Å². The summed E-state index contributed by atoms with van der Waals surface area (Å²) in [6.45, 7) is 5.54. The Hall–Kier alpha value is -2.99. The Morgan fingerprint density at radius 2 is 2.03 bits per heavy atom. The number of anilines is 2. The molecular weight excluding hydrogens is 422 g/mol. The lowest BCUT2D eigenvalue weighted by atomic mass is 10.1. The lowest BCUT2D eigenvalue weighted by Crippen LogP contribution is -2.33. The number of hydrogen-bond donors (Lipinski definition) is 0. The number of rotatable bonds is 9. The van der Waals surface area contributed by atoms with Gasteiger partial charge in [-0.3, -0.25) is 4.79 Å². The predicted molar refractivity (Wildman–Crippen MR) is 140 cm³/mol. The molecule has 6 heteroatoms. The van der Waals surface area contributed by atoms with Crippen molar-refractivity contribution < 1.29 is 4.79 Å². The Morgan fingerprint density at radius 3 is 2.82 bits per heavy atom. The Morgan fingerprint density at radius 1 is 1.15 bits per heavy atom. The molecule has 1 aliphatic heterocycles. The largest absolute Gasteiger partial charge is 0.357 e. The normalized spacial score (nSPS) is 16.0. The van der Waals surface area contributed by atoms with Gasteiger partial charge in [0.05, 0.1) is 0 Å². The van der Waals surface area contributed by atoms with E-state index in [9.17, 15) is 4.79 Å². The highest BCUT2D eigenvalue weighted by atomic mass is 16.2. The number of aromatic nitrogens is 2. The van der Waals surface area contributed by atoms with Gasteiger partial charge in [0, 0.05) is 45.0 Å². The maximum atomic E-state index is 13.5. The lowest BCUT2D eigenvalue weighted by Gasteiger charge is -2.22. The number of hydrogen-bond acceptors (Lipinski definition) is 5. The molecule has 2 aliphatic rings. The van der Waals surface area contributed by atoms with E-state index in [0.29, 0.717) is 12.1 Å². The van der Waals surface area contributed by atoms with Gasteiger partial charge in [0.2, 0.25) is 0 Å². The highest BCUT2D eigenvalue weighted by Gasteiger charge is 2.28. The summed E-state index contributed by atoms with van der Waals surface area (Å²) >= 11 is 0. The van der Waals surface area contributed by atoms with E-state index in [2.05, 4.69) is 65.2 Å². The molecule has 6 nitrogen and oxygen atoms in total. The van der Waals surface area contributed by atoms with Crippen molar-refractivity contribution in [3.8, 4) is 0 Å². The number of allylic oxidation sites excluding steroid dienone is 2. The third-order valence-corrected chi connectivity index (χ3v) is 6.54. The van der Waals surface area contributed by atoms with Crippen LogP contribution >= 0.6 is 0 Å². The van der Waals surface area contributed by atoms with Gasteiger partial charge in [-0.05, 0) is 69.0 Å². The van der Waals surface area contributed by atoms with Crippen LogP contribution < -0.4 is 9.80 Å². The van der Waals surface area contributed by atoms with Crippen LogP contribution in [0.15, 0.2) is 54.3 Å². The molecule has 0 spiro atoms. The number of likely N-dealkylation sites (N-methyl/N-ethyl adjacent to an activating group) is 2. The Bertz CT molecular complexity index is 1060. The Labute approximate surface area is 204 Å². The van der Waals surface area contributed by atoms with Gasteiger partial charge < -0.3 is 14.7 Å². The van der Waals surface area contributed by atoms with Crippen LogP contribution in [0.5, 0.6) is 0 Å². The van der Waals surface area contributed by atoms with Crippen molar-refractivity contribution in [2.75, 3.05) is 50.1 Å². The third-order valence-electron chi connectivity index (χ3n) is 6.54. The molecule has 0 atom stereocenters.